The number of methoxy groups -OCH3 is 1. The first kappa shape index (κ1) is 9.76. The van der Waals surface area contributed by atoms with Gasteiger partial charge in [0.2, 0.25) is 0 Å². The molecule has 0 aromatic heterocycles. The van der Waals surface area contributed by atoms with Gasteiger partial charge >= 0.3 is 5.97 Å². The van der Waals surface area contributed by atoms with Crippen molar-refractivity contribution < 1.29 is 9.53 Å². The molecule has 0 aliphatic carbocycles. The molecule has 2 nitrogen and oxygen atoms in total. The second-order valence-electron chi connectivity index (χ2n) is 2.31. The lowest BCUT2D eigenvalue weighted by Gasteiger charge is -2.12. The van der Waals surface area contributed by atoms with Crippen LogP contribution in [0.15, 0.2) is 0 Å². The molecule has 0 aromatic rings. The molecule has 60 valence electrons. The van der Waals surface area contributed by atoms with Crippen LogP contribution in [0.2, 0.25) is 0 Å². The number of halogens is 1. The van der Waals surface area contributed by atoms with Gasteiger partial charge in [-0.3, -0.25) is 4.79 Å². The molecular formula is C7H13ClO2. The zero-order valence-corrected chi connectivity index (χ0v) is 7.31. The molecule has 0 rings (SSSR count). The number of hydrogen-bond acceptors (Lipinski definition) is 2. The minimum atomic E-state index is -0.491. The van der Waals surface area contributed by atoms with Gasteiger partial charge in [0.15, 0.2) is 0 Å². The van der Waals surface area contributed by atoms with Crippen molar-refractivity contribution in [3.63, 3.8) is 0 Å². The van der Waals surface area contributed by atoms with Gasteiger partial charge in [-0.25, -0.2) is 0 Å². The van der Waals surface area contributed by atoms with Gasteiger partial charge in [0.05, 0.1) is 7.11 Å². The molecule has 0 radical (unpaired) electrons. The molecule has 0 bridgehead atoms. The maximum atomic E-state index is 10.8. The van der Waals surface area contributed by atoms with E-state index >= 15 is 0 Å². The van der Waals surface area contributed by atoms with Crippen LogP contribution in [0.25, 0.3) is 0 Å². The number of ether oxygens (including phenoxy) is 1. The Balaban J connectivity index is 3.81. The number of carbonyl (C=O) groups is 1. The largest absolute Gasteiger partial charge is 0.468 e. The summed E-state index contributed by atoms with van der Waals surface area (Å²) in [6.07, 6.45) is 0.892. The Morgan fingerprint density at radius 2 is 2.20 bits per heavy atom. The van der Waals surface area contributed by atoms with Crippen LogP contribution in [0, 0.1) is 5.92 Å². The molecule has 0 N–H and O–H groups in total. The Labute approximate surface area is 66.5 Å². The second-order valence-corrected chi connectivity index (χ2v) is 2.78. The summed E-state index contributed by atoms with van der Waals surface area (Å²) < 4.78 is 4.46. The van der Waals surface area contributed by atoms with Crippen molar-refractivity contribution in [1.82, 2.24) is 0 Å². The third-order valence-corrected chi connectivity index (χ3v) is 2.18. The third-order valence-electron chi connectivity index (χ3n) is 1.57. The summed E-state index contributed by atoms with van der Waals surface area (Å²) in [5, 5.41) is -0.491. The zero-order valence-electron chi connectivity index (χ0n) is 6.56. The van der Waals surface area contributed by atoms with Gasteiger partial charge in [-0.15, -0.1) is 11.6 Å². The van der Waals surface area contributed by atoms with E-state index < -0.39 is 5.38 Å². The van der Waals surface area contributed by atoms with E-state index in [2.05, 4.69) is 4.74 Å². The molecule has 2 atom stereocenters. The third kappa shape index (κ3) is 2.56. The van der Waals surface area contributed by atoms with Crippen molar-refractivity contribution in [2.75, 3.05) is 7.11 Å². The molecular weight excluding hydrogens is 152 g/mol. The van der Waals surface area contributed by atoms with Gasteiger partial charge in [0.25, 0.3) is 0 Å². The van der Waals surface area contributed by atoms with E-state index in [9.17, 15) is 4.79 Å². The standard InChI is InChI=1S/C7H13ClO2/c1-4-5(2)6(8)7(9)10-3/h5-6H,4H2,1-3H3/t5-,6+/m1/s1. The summed E-state index contributed by atoms with van der Waals surface area (Å²) >= 11 is 5.71. The van der Waals surface area contributed by atoms with Crippen LogP contribution in [-0.4, -0.2) is 18.5 Å². The predicted octanol–water partition coefficient (Wildman–Crippen LogP) is 1.81. The highest BCUT2D eigenvalue weighted by molar-refractivity contribution is 6.30. The van der Waals surface area contributed by atoms with Crippen LogP contribution in [-0.2, 0) is 9.53 Å². The minimum Gasteiger partial charge on any atom is -0.468 e. The average molecular weight is 165 g/mol. The highest BCUT2D eigenvalue weighted by Crippen LogP contribution is 2.14. The van der Waals surface area contributed by atoms with Crippen molar-refractivity contribution >= 4 is 17.6 Å². The Hall–Kier alpha value is -0.240. The molecule has 0 aliphatic heterocycles. The summed E-state index contributed by atoms with van der Waals surface area (Å²) in [4.78, 5) is 10.8. The summed E-state index contributed by atoms with van der Waals surface area (Å²) in [6, 6.07) is 0. The van der Waals surface area contributed by atoms with E-state index in [-0.39, 0.29) is 11.9 Å². The van der Waals surface area contributed by atoms with Crippen LogP contribution < -0.4 is 0 Å². The minimum absolute atomic E-state index is 0.189. The van der Waals surface area contributed by atoms with Gasteiger partial charge in [-0.1, -0.05) is 20.3 Å². The van der Waals surface area contributed by atoms with E-state index in [1.54, 1.807) is 0 Å². The maximum absolute atomic E-state index is 10.8. The number of carbonyl (C=O) groups excluding carboxylic acids is 1. The first-order chi connectivity index (χ1) is 4.63. The van der Waals surface area contributed by atoms with Gasteiger partial charge in [0.1, 0.15) is 5.38 Å². The van der Waals surface area contributed by atoms with E-state index in [1.807, 2.05) is 13.8 Å². The maximum Gasteiger partial charge on any atom is 0.324 e. The number of alkyl halides is 1. The second kappa shape index (κ2) is 4.56. The van der Waals surface area contributed by atoms with Crippen molar-refractivity contribution in [3.05, 3.63) is 0 Å². The van der Waals surface area contributed by atoms with E-state index in [0.29, 0.717) is 0 Å². The van der Waals surface area contributed by atoms with Crippen LogP contribution in [0.1, 0.15) is 20.3 Å². The topological polar surface area (TPSA) is 26.3 Å². The fourth-order valence-electron chi connectivity index (χ4n) is 0.552. The monoisotopic (exact) mass is 164 g/mol. The fourth-order valence-corrected chi connectivity index (χ4v) is 0.819. The molecule has 0 aromatic carbocycles. The number of esters is 1. The molecule has 0 fully saturated rings. The van der Waals surface area contributed by atoms with Crippen LogP contribution in [0.5, 0.6) is 0 Å². The van der Waals surface area contributed by atoms with Crippen LogP contribution in [0.4, 0.5) is 0 Å². The zero-order chi connectivity index (χ0) is 8.15. The summed E-state index contributed by atoms with van der Waals surface area (Å²) in [7, 11) is 1.35. The van der Waals surface area contributed by atoms with Crippen molar-refractivity contribution in [2.24, 2.45) is 5.92 Å². The van der Waals surface area contributed by atoms with Crippen molar-refractivity contribution in [3.8, 4) is 0 Å². The Kier molecular flexibility index (Phi) is 4.45. The van der Waals surface area contributed by atoms with Crippen molar-refractivity contribution in [2.45, 2.75) is 25.6 Å². The SMILES string of the molecule is CC[C@@H](C)[C@H](Cl)C(=O)OC. The summed E-state index contributed by atoms with van der Waals surface area (Å²) in [5.74, 6) is -0.148. The van der Waals surface area contributed by atoms with Crippen LogP contribution in [0.3, 0.4) is 0 Å². The van der Waals surface area contributed by atoms with E-state index in [1.165, 1.54) is 7.11 Å². The number of rotatable bonds is 3. The van der Waals surface area contributed by atoms with Gasteiger partial charge in [-0.05, 0) is 5.92 Å². The highest BCUT2D eigenvalue weighted by Gasteiger charge is 2.21. The molecule has 10 heavy (non-hydrogen) atoms. The molecule has 0 aliphatic rings. The molecule has 0 saturated heterocycles. The summed E-state index contributed by atoms with van der Waals surface area (Å²) in [5.41, 5.74) is 0. The first-order valence-corrected chi connectivity index (χ1v) is 3.79. The predicted molar refractivity (Wildman–Crippen MR) is 41.1 cm³/mol. The highest BCUT2D eigenvalue weighted by atomic mass is 35.5. The molecule has 0 amide bonds. The molecule has 0 heterocycles. The quantitative estimate of drug-likeness (QED) is 0.470. The molecule has 0 unspecified atom stereocenters. The lowest BCUT2D eigenvalue weighted by Crippen LogP contribution is -2.23. The molecule has 0 saturated carbocycles. The van der Waals surface area contributed by atoms with Gasteiger partial charge < -0.3 is 4.74 Å². The van der Waals surface area contributed by atoms with Gasteiger partial charge in [-0.2, -0.15) is 0 Å². The first-order valence-electron chi connectivity index (χ1n) is 3.35. The Bertz CT molecular complexity index is 114. The van der Waals surface area contributed by atoms with Crippen LogP contribution >= 0.6 is 11.6 Å². The Morgan fingerprint density at radius 3 is 2.50 bits per heavy atom. The lowest BCUT2D eigenvalue weighted by atomic mass is 10.1. The number of hydrogen-bond donors (Lipinski definition) is 0. The summed E-state index contributed by atoms with van der Waals surface area (Å²) in [6.45, 7) is 3.91. The van der Waals surface area contributed by atoms with E-state index in [0.717, 1.165) is 6.42 Å². The smallest absolute Gasteiger partial charge is 0.324 e. The van der Waals surface area contributed by atoms with Crippen molar-refractivity contribution in [1.29, 1.82) is 0 Å². The molecule has 0 spiro atoms. The normalized spacial score (nSPS) is 16.0. The van der Waals surface area contributed by atoms with Gasteiger partial charge in [0, 0.05) is 0 Å². The fraction of sp³-hybridized carbons (Fsp3) is 0.857. The average Bonchev–Trinajstić information content (AvgIpc) is 2.00. The lowest BCUT2D eigenvalue weighted by molar-refractivity contribution is -0.141. The Morgan fingerprint density at radius 1 is 1.70 bits per heavy atom. The van der Waals surface area contributed by atoms with E-state index in [4.69, 9.17) is 11.6 Å². The molecule has 3 heteroatoms.